The first-order valence-corrected chi connectivity index (χ1v) is 24.1. The zero-order valence-electron chi connectivity index (χ0n) is 38.3. The molecule has 2 nitrogen and oxygen atoms in total. The smallest absolute Gasteiger partial charge is 0.0465 e. The fourth-order valence-corrected chi connectivity index (χ4v) is 10.3. The molecule has 0 N–H and O–H groups in total. The number of para-hydroxylation sites is 2. The summed E-state index contributed by atoms with van der Waals surface area (Å²) in [4.78, 5) is 4.86. The van der Waals surface area contributed by atoms with Crippen LogP contribution in [0.4, 0.5) is 28.4 Å². The molecule has 0 aliphatic heterocycles. The number of rotatable bonds is 12. The third-order valence-corrected chi connectivity index (χ3v) is 13.7. The van der Waals surface area contributed by atoms with Crippen molar-refractivity contribution in [2.75, 3.05) is 9.80 Å². The summed E-state index contributed by atoms with van der Waals surface area (Å²) >= 11 is 0. The summed E-state index contributed by atoms with van der Waals surface area (Å²) in [7, 11) is 0. The maximum Gasteiger partial charge on any atom is 0.0465 e. The Labute approximate surface area is 402 Å². The van der Waals surface area contributed by atoms with Crippen molar-refractivity contribution in [2.45, 2.75) is 38.0 Å². The summed E-state index contributed by atoms with van der Waals surface area (Å²) in [6.07, 6.45) is 21.3. The summed E-state index contributed by atoms with van der Waals surface area (Å²) in [5, 5.41) is 0. The number of allylic oxidation sites excluding steroid dienone is 12. The third kappa shape index (κ3) is 9.02. The second kappa shape index (κ2) is 19.7. The van der Waals surface area contributed by atoms with Crippen LogP contribution in [0.1, 0.15) is 54.7 Å². The van der Waals surface area contributed by atoms with E-state index in [0.29, 0.717) is 0 Å². The molecule has 328 valence electrons. The molecule has 0 bridgehead atoms. The van der Waals surface area contributed by atoms with Crippen LogP contribution in [0.3, 0.4) is 0 Å². The number of nitrogens with zero attached hydrogens (tertiary/aromatic N) is 2. The normalized spacial score (nSPS) is 15.6. The quantitative estimate of drug-likeness (QED) is 0.121. The maximum atomic E-state index is 2.47. The average Bonchev–Trinajstić information content (AvgIpc) is 3.43. The Morgan fingerprint density at radius 3 is 1.38 bits per heavy atom. The molecule has 0 heterocycles. The molecule has 2 heteroatoms. The molecule has 0 amide bonds. The van der Waals surface area contributed by atoms with E-state index in [4.69, 9.17) is 0 Å². The summed E-state index contributed by atoms with van der Waals surface area (Å²) < 4.78 is 0. The van der Waals surface area contributed by atoms with Crippen LogP contribution < -0.4 is 9.80 Å². The number of hydrogen-bond acceptors (Lipinski definition) is 2. The highest BCUT2D eigenvalue weighted by molar-refractivity contribution is 5.86. The van der Waals surface area contributed by atoms with Crippen LogP contribution in [0.5, 0.6) is 0 Å². The first-order chi connectivity index (χ1) is 33.7. The maximum absolute atomic E-state index is 2.47. The molecule has 3 aliphatic carbocycles. The molecular weight excluding hydrogens is 821 g/mol. The van der Waals surface area contributed by atoms with Gasteiger partial charge in [-0.15, -0.1) is 0 Å². The fraction of sp³-hybridized carbons (Fsp3) is 0.0909. The van der Waals surface area contributed by atoms with E-state index in [1.54, 1.807) is 0 Å². The molecule has 1 unspecified atom stereocenters. The van der Waals surface area contributed by atoms with Crippen LogP contribution in [-0.4, -0.2) is 0 Å². The number of anilines is 5. The van der Waals surface area contributed by atoms with Crippen molar-refractivity contribution < 1.29 is 0 Å². The van der Waals surface area contributed by atoms with E-state index in [1.807, 2.05) is 0 Å². The van der Waals surface area contributed by atoms with Gasteiger partial charge in [-0.2, -0.15) is 0 Å². The van der Waals surface area contributed by atoms with Gasteiger partial charge in [0.05, 0.1) is 0 Å². The van der Waals surface area contributed by atoms with Crippen molar-refractivity contribution in [3.05, 3.63) is 294 Å². The predicted octanol–water partition coefficient (Wildman–Crippen LogP) is 18.2. The number of hydrogen-bond donors (Lipinski definition) is 0. The molecule has 3 aliphatic rings. The molecular formula is C66H54N2. The molecule has 1 atom stereocenters. The lowest BCUT2D eigenvalue weighted by atomic mass is 9.79. The largest absolute Gasteiger partial charge is 0.314 e. The lowest BCUT2D eigenvalue weighted by Crippen LogP contribution is -2.19. The summed E-state index contributed by atoms with van der Waals surface area (Å²) in [6.45, 7) is 0. The SMILES string of the molecule is C1=CCC(c2cc(N(c3ccccc3)c3ccc(-c4ccccc4)cc3)ccc2C2=CC=C(C3=C(c4ccccc4)C=C(N(c4ccccc4)c4ccc(-c5ccccc5)cc4)CC3)CC2)C=C1. The van der Waals surface area contributed by atoms with Gasteiger partial charge >= 0.3 is 0 Å². The van der Waals surface area contributed by atoms with Gasteiger partial charge in [0, 0.05) is 40.1 Å². The molecule has 11 rings (SSSR count). The molecule has 0 saturated carbocycles. The zero-order valence-corrected chi connectivity index (χ0v) is 38.3. The van der Waals surface area contributed by atoms with E-state index in [9.17, 15) is 0 Å². The first kappa shape index (κ1) is 42.4. The van der Waals surface area contributed by atoms with Gasteiger partial charge in [0.1, 0.15) is 0 Å². The first-order valence-electron chi connectivity index (χ1n) is 24.1. The van der Waals surface area contributed by atoms with Gasteiger partial charge in [-0.05, 0) is 160 Å². The van der Waals surface area contributed by atoms with Crippen LogP contribution in [0.15, 0.2) is 278 Å². The summed E-state index contributed by atoms with van der Waals surface area (Å²) in [5.74, 6) is 0.288. The molecule has 0 fully saturated rings. The molecule has 0 aromatic heterocycles. The predicted molar refractivity (Wildman–Crippen MR) is 289 cm³/mol. The minimum Gasteiger partial charge on any atom is -0.314 e. The van der Waals surface area contributed by atoms with Crippen molar-refractivity contribution in [1.82, 2.24) is 0 Å². The van der Waals surface area contributed by atoms with Gasteiger partial charge in [-0.25, -0.2) is 0 Å². The van der Waals surface area contributed by atoms with Crippen molar-refractivity contribution in [2.24, 2.45) is 0 Å². The summed E-state index contributed by atoms with van der Waals surface area (Å²) in [6, 6.07) is 79.2. The van der Waals surface area contributed by atoms with Crippen LogP contribution in [0.2, 0.25) is 0 Å². The molecule has 0 saturated heterocycles. The van der Waals surface area contributed by atoms with Crippen LogP contribution in [0, 0.1) is 0 Å². The second-order valence-corrected chi connectivity index (χ2v) is 17.9. The van der Waals surface area contributed by atoms with E-state index in [1.165, 1.54) is 78.3 Å². The number of benzene rings is 8. The lowest BCUT2D eigenvalue weighted by Gasteiger charge is -2.33. The van der Waals surface area contributed by atoms with Gasteiger partial charge in [0.25, 0.3) is 0 Å². The Morgan fingerprint density at radius 1 is 0.368 bits per heavy atom. The fourth-order valence-electron chi connectivity index (χ4n) is 10.3. The Balaban J connectivity index is 0.959. The van der Waals surface area contributed by atoms with Crippen LogP contribution in [0.25, 0.3) is 33.4 Å². The van der Waals surface area contributed by atoms with Gasteiger partial charge < -0.3 is 9.80 Å². The molecule has 8 aromatic carbocycles. The highest BCUT2D eigenvalue weighted by atomic mass is 15.2. The third-order valence-electron chi connectivity index (χ3n) is 13.7. The Kier molecular flexibility index (Phi) is 12.3. The monoisotopic (exact) mass is 874 g/mol. The highest BCUT2D eigenvalue weighted by Crippen LogP contribution is 2.45. The zero-order chi connectivity index (χ0) is 45.5. The standard InChI is InChI=1S/C66H54N2/c1-7-19-49(20-8-1)51-35-39-59(40-36-51)67(57-27-15-5-16-28-57)61-43-45-63(65(47-61)53-23-11-3-12-24-53)55-31-33-56(34-32-55)64-46-44-62(48-66(64)54-25-13-4-14-26-54)68(58-29-17-6-18-30-58)60-41-37-52(38-42-60)50-21-9-2-10-22-50/h1-25,27-31,33,35-42,44,46-48,54H,26,32,34,43,45H2. The average molecular weight is 875 g/mol. The van der Waals surface area contributed by atoms with E-state index < -0.39 is 0 Å². The van der Waals surface area contributed by atoms with Crippen molar-refractivity contribution >= 4 is 39.6 Å². The van der Waals surface area contributed by atoms with Gasteiger partial charge in [0.2, 0.25) is 0 Å². The van der Waals surface area contributed by atoms with Gasteiger partial charge in [0.15, 0.2) is 0 Å². The Bertz CT molecular complexity index is 3190. The molecule has 0 spiro atoms. The van der Waals surface area contributed by atoms with Crippen molar-refractivity contribution in [3.8, 4) is 22.3 Å². The second-order valence-electron chi connectivity index (χ2n) is 17.9. The topological polar surface area (TPSA) is 6.48 Å². The Morgan fingerprint density at radius 2 is 0.838 bits per heavy atom. The minimum absolute atomic E-state index is 0.288. The van der Waals surface area contributed by atoms with E-state index in [2.05, 4.69) is 271 Å². The van der Waals surface area contributed by atoms with Crippen LogP contribution >= 0.6 is 0 Å². The van der Waals surface area contributed by atoms with Gasteiger partial charge in [-0.3, -0.25) is 0 Å². The van der Waals surface area contributed by atoms with E-state index >= 15 is 0 Å². The van der Waals surface area contributed by atoms with E-state index in [-0.39, 0.29) is 5.92 Å². The highest BCUT2D eigenvalue weighted by Gasteiger charge is 2.26. The minimum atomic E-state index is 0.288. The lowest BCUT2D eigenvalue weighted by molar-refractivity contribution is 0.842. The van der Waals surface area contributed by atoms with Crippen LogP contribution in [-0.2, 0) is 0 Å². The molecule has 0 radical (unpaired) electrons. The van der Waals surface area contributed by atoms with Gasteiger partial charge in [-0.1, -0.05) is 194 Å². The Hall–Kier alpha value is -8.20. The summed E-state index contributed by atoms with van der Waals surface area (Å²) in [5.41, 5.74) is 21.6. The molecule has 8 aromatic rings. The van der Waals surface area contributed by atoms with E-state index in [0.717, 1.165) is 49.2 Å². The van der Waals surface area contributed by atoms with Crippen molar-refractivity contribution in [1.29, 1.82) is 0 Å². The van der Waals surface area contributed by atoms with Crippen molar-refractivity contribution in [3.63, 3.8) is 0 Å². The molecule has 68 heavy (non-hydrogen) atoms.